The van der Waals surface area contributed by atoms with Gasteiger partial charge in [-0.2, -0.15) is 0 Å². The monoisotopic (exact) mass is 359 g/mol. The van der Waals surface area contributed by atoms with Crippen molar-refractivity contribution in [2.45, 2.75) is 51.6 Å². The van der Waals surface area contributed by atoms with Crippen LogP contribution in [0.15, 0.2) is 18.2 Å². The van der Waals surface area contributed by atoms with Crippen molar-refractivity contribution in [2.75, 3.05) is 19.1 Å². The molecule has 2 atom stereocenters. The lowest BCUT2D eigenvalue weighted by Gasteiger charge is -2.38. The van der Waals surface area contributed by atoms with Crippen molar-refractivity contribution in [3.05, 3.63) is 28.2 Å². The quantitative estimate of drug-likeness (QED) is 0.673. The molecule has 0 aliphatic heterocycles. The Labute approximate surface area is 149 Å². The molecule has 2 N–H and O–H groups in total. The first-order valence-corrected chi connectivity index (χ1v) is 8.72. The van der Waals surface area contributed by atoms with Crippen LogP contribution in [-0.2, 0) is 4.79 Å². The highest BCUT2D eigenvalue weighted by molar-refractivity contribution is 6.35. The van der Waals surface area contributed by atoms with Crippen LogP contribution >= 0.6 is 23.2 Å². The number of hydrogen-bond acceptors (Lipinski definition) is 4. The normalized spacial score (nSPS) is 13.9. The second-order valence-corrected chi connectivity index (χ2v) is 6.95. The zero-order valence-electron chi connectivity index (χ0n) is 14.4. The Morgan fingerprint density at radius 2 is 1.78 bits per heavy atom. The number of hydrazine groups is 1. The summed E-state index contributed by atoms with van der Waals surface area (Å²) in [4.78, 5) is 12.2. The standard InChI is InChI=1S/C17H27Cl2N3O/c1-5-6-7-15(11-17(23)12(2)20)22(21(3)4)16-9-13(18)8-14(19)10-16/h8-10,12,15H,5-7,11,20H2,1-4H3/t12-,15-/m0/s1. The Kier molecular flexibility index (Phi) is 8.34. The van der Waals surface area contributed by atoms with Crippen LogP contribution in [-0.4, -0.2) is 37.0 Å². The summed E-state index contributed by atoms with van der Waals surface area (Å²) in [6, 6.07) is 5.00. The minimum Gasteiger partial charge on any atom is -0.322 e. The van der Waals surface area contributed by atoms with Crippen LogP contribution in [0.5, 0.6) is 0 Å². The fourth-order valence-electron chi connectivity index (χ4n) is 2.61. The van der Waals surface area contributed by atoms with Crippen LogP contribution in [0.3, 0.4) is 0 Å². The predicted molar refractivity (Wildman–Crippen MR) is 99.2 cm³/mol. The summed E-state index contributed by atoms with van der Waals surface area (Å²) in [7, 11) is 3.90. The zero-order chi connectivity index (χ0) is 17.6. The Hall–Kier alpha value is -0.810. The van der Waals surface area contributed by atoms with Crippen molar-refractivity contribution >= 4 is 34.7 Å². The highest BCUT2D eigenvalue weighted by Gasteiger charge is 2.25. The van der Waals surface area contributed by atoms with Gasteiger partial charge >= 0.3 is 0 Å². The Morgan fingerprint density at radius 1 is 1.22 bits per heavy atom. The van der Waals surface area contributed by atoms with Gasteiger partial charge < -0.3 is 10.7 Å². The topological polar surface area (TPSA) is 49.6 Å². The Morgan fingerprint density at radius 3 is 2.22 bits per heavy atom. The van der Waals surface area contributed by atoms with E-state index in [9.17, 15) is 4.79 Å². The molecule has 0 aliphatic rings. The molecule has 0 saturated carbocycles. The third-order valence-corrected chi connectivity index (χ3v) is 4.16. The van der Waals surface area contributed by atoms with E-state index in [1.807, 2.05) is 31.2 Å². The Balaban J connectivity index is 3.15. The number of benzene rings is 1. The van der Waals surface area contributed by atoms with Crippen molar-refractivity contribution in [3.8, 4) is 0 Å². The molecule has 0 saturated heterocycles. The van der Waals surface area contributed by atoms with Crippen molar-refractivity contribution in [2.24, 2.45) is 5.73 Å². The van der Waals surface area contributed by atoms with E-state index in [1.54, 1.807) is 13.0 Å². The van der Waals surface area contributed by atoms with Gasteiger partial charge in [0.15, 0.2) is 5.78 Å². The van der Waals surface area contributed by atoms with E-state index >= 15 is 0 Å². The van der Waals surface area contributed by atoms with Gasteiger partial charge in [-0.3, -0.25) is 4.79 Å². The van der Waals surface area contributed by atoms with Crippen molar-refractivity contribution < 1.29 is 4.79 Å². The van der Waals surface area contributed by atoms with Gasteiger partial charge in [0.2, 0.25) is 0 Å². The number of nitrogens with two attached hydrogens (primary N) is 1. The lowest BCUT2D eigenvalue weighted by Crippen LogP contribution is -2.47. The second kappa shape index (κ2) is 9.48. The van der Waals surface area contributed by atoms with Crippen molar-refractivity contribution in [1.82, 2.24) is 5.01 Å². The summed E-state index contributed by atoms with van der Waals surface area (Å²) in [5.41, 5.74) is 6.63. The van der Waals surface area contributed by atoms with Gasteiger partial charge in [0.25, 0.3) is 0 Å². The average Bonchev–Trinajstić information content (AvgIpc) is 2.43. The van der Waals surface area contributed by atoms with Crippen LogP contribution < -0.4 is 10.7 Å². The number of halogens is 2. The van der Waals surface area contributed by atoms with Crippen LogP contribution in [0.25, 0.3) is 0 Å². The van der Waals surface area contributed by atoms with Gasteiger partial charge in [-0.15, -0.1) is 0 Å². The van der Waals surface area contributed by atoms with Gasteiger partial charge in [-0.05, 0) is 31.5 Å². The van der Waals surface area contributed by atoms with Crippen molar-refractivity contribution in [1.29, 1.82) is 0 Å². The first-order valence-electron chi connectivity index (χ1n) is 7.97. The number of ketones is 1. The molecule has 23 heavy (non-hydrogen) atoms. The number of carbonyl (C=O) groups excluding carboxylic acids is 1. The smallest absolute Gasteiger partial charge is 0.151 e. The molecule has 0 fully saturated rings. The largest absolute Gasteiger partial charge is 0.322 e. The van der Waals surface area contributed by atoms with Crippen LogP contribution in [0, 0.1) is 0 Å². The second-order valence-electron chi connectivity index (χ2n) is 6.07. The Bertz CT molecular complexity index is 500. The zero-order valence-corrected chi connectivity index (χ0v) is 15.9. The molecular formula is C17H27Cl2N3O. The molecule has 1 rings (SSSR count). The van der Waals surface area contributed by atoms with Gasteiger partial charge in [0.1, 0.15) is 0 Å². The van der Waals surface area contributed by atoms with Crippen molar-refractivity contribution in [3.63, 3.8) is 0 Å². The summed E-state index contributed by atoms with van der Waals surface area (Å²) in [6.45, 7) is 3.87. The van der Waals surface area contributed by atoms with Gasteiger partial charge in [-0.25, -0.2) is 5.01 Å². The highest BCUT2D eigenvalue weighted by atomic mass is 35.5. The van der Waals surface area contributed by atoms with E-state index < -0.39 is 6.04 Å². The third kappa shape index (κ3) is 6.30. The average molecular weight is 360 g/mol. The number of hydrogen-bond donors (Lipinski definition) is 1. The molecule has 0 unspecified atom stereocenters. The first-order chi connectivity index (χ1) is 10.8. The maximum Gasteiger partial charge on any atom is 0.151 e. The fraction of sp³-hybridized carbons (Fsp3) is 0.588. The maximum atomic E-state index is 12.2. The summed E-state index contributed by atoms with van der Waals surface area (Å²) >= 11 is 12.3. The van der Waals surface area contributed by atoms with Crippen LogP contribution in [0.1, 0.15) is 39.5 Å². The highest BCUT2D eigenvalue weighted by Crippen LogP contribution is 2.29. The first kappa shape index (κ1) is 20.2. The predicted octanol–water partition coefficient (Wildman–Crippen LogP) is 4.14. The molecule has 0 aliphatic carbocycles. The van der Waals surface area contributed by atoms with Gasteiger partial charge in [-0.1, -0.05) is 43.0 Å². The maximum absolute atomic E-state index is 12.2. The number of anilines is 1. The molecule has 6 heteroatoms. The van der Waals surface area contributed by atoms with E-state index in [0.717, 1.165) is 24.9 Å². The third-order valence-electron chi connectivity index (χ3n) is 3.72. The summed E-state index contributed by atoms with van der Waals surface area (Å²) in [5, 5.41) is 5.20. The minimum atomic E-state index is -0.453. The SMILES string of the molecule is CCCC[C@@H](CC(=O)[C@H](C)N)N(c1cc(Cl)cc(Cl)c1)N(C)C. The molecular weight excluding hydrogens is 333 g/mol. The molecule has 0 amide bonds. The molecule has 0 radical (unpaired) electrons. The number of unbranched alkanes of at least 4 members (excludes halogenated alkanes) is 1. The minimum absolute atomic E-state index is 0.0259. The van der Waals surface area contributed by atoms with E-state index in [1.165, 1.54) is 0 Å². The fourth-order valence-corrected chi connectivity index (χ4v) is 3.12. The van der Waals surface area contributed by atoms with Crippen LogP contribution in [0.2, 0.25) is 10.0 Å². The molecule has 130 valence electrons. The molecule has 1 aromatic carbocycles. The van der Waals surface area contributed by atoms with Gasteiger partial charge in [0, 0.05) is 30.6 Å². The molecule has 0 heterocycles. The number of rotatable bonds is 9. The van der Waals surface area contributed by atoms with Gasteiger partial charge in [0.05, 0.1) is 17.8 Å². The molecule has 0 spiro atoms. The molecule has 0 bridgehead atoms. The number of carbonyl (C=O) groups is 1. The van der Waals surface area contributed by atoms with Crippen LogP contribution in [0.4, 0.5) is 5.69 Å². The molecule has 4 nitrogen and oxygen atoms in total. The number of nitrogens with zero attached hydrogens (tertiary/aromatic N) is 2. The van der Waals surface area contributed by atoms with E-state index in [2.05, 4.69) is 11.9 Å². The summed E-state index contributed by atoms with van der Waals surface area (Å²) in [6.07, 6.45) is 3.41. The molecule has 1 aromatic rings. The van der Waals surface area contributed by atoms with E-state index in [0.29, 0.717) is 16.5 Å². The van der Waals surface area contributed by atoms with E-state index in [4.69, 9.17) is 28.9 Å². The van der Waals surface area contributed by atoms with E-state index in [-0.39, 0.29) is 11.8 Å². The summed E-state index contributed by atoms with van der Waals surface area (Å²) < 4.78 is 0. The lowest BCUT2D eigenvalue weighted by molar-refractivity contribution is -0.120. The summed E-state index contributed by atoms with van der Waals surface area (Å²) in [5.74, 6) is 0.0612. The lowest BCUT2D eigenvalue weighted by atomic mass is 10.00. The number of Topliss-reactive ketones (excluding diaryl/α,β-unsaturated/α-hetero) is 1. The molecule has 0 aromatic heterocycles.